The molecule has 3 rings (SSSR count). The minimum atomic E-state index is -4.63. The first-order valence-corrected chi connectivity index (χ1v) is 8.56. The number of methoxy groups -OCH3 is 1. The monoisotopic (exact) mass is 407 g/mol. The molecule has 0 atom stereocenters. The van der Waals surface area contributed by atoms with E-state index in [-0.39, 0.29) is 12.0 Å². The number of alkyl halides is 3. The highest BCUT2D eigenvalue weighted by Crippen LogP contribution is 2.31. The second-order valence-electron chi connectivity index (χ2n) is 6.49. The van der Waals surface area contributed by atoms with Crippen molar-refractivity contribution < 1.29 is 27.1 Å². The van der Waals surface area contributed by atoms with Crippen LogP contribution in [0.25, 0.3) is 5.82 Å². The standard InChI is InChI=1S/C20H17F4N3O2/c1-11-18(19(28)29-3)12(2)27(26-11)17-9-13(4-5-25-17)6-14-7-15(20(22,23)24)10-16(21)8-14/h4-5,7-10H,6H2,1-3H3. The lowest BCUT2D eigenvalue weighted by atomic mass is 10.0. The first kappa shape index (κ1) is 20.5. The van der Waals surface area contributed by atoms with Gasteiger partial charge in [0, 0.05) is 6.20 Å². The summed E-state index contributed by atoms with van der Waals surface area (Å²) in [6, 6.07) is 5.69. The van der Waals surface area contributed by atoms with Gasteiger partial charge in [0.1, 0.15) is 11.4 Å². The van der Waals surface area contributed by atoms with E-state index < -0.39 is 23.5 Å². The molecule has 0 saturated carbocycles. The molecule has 0 N–H and O–H groups in total. The molecular weight excluding hydrogens is 390 g/mol. The molecule has 0 aliphatic heterocycles. The van der Waals surface area contributed by atoms with Crippen LogP contribution >= 0.6 is 0 Å². The summed E-state index contributed by atoms with van der Waals surface area (Å²) in [5, 5.41) is 4.30. The number of esters is 1. The lowest BCUT2D eigenvalue weighted by Crippen LogP contribution is -2.07. The molecule has 0 spiro atoms. The normalized spacial score (nSPS) is 11.6. The van der Waals surface area contributed by atoms with E-state index in [9.17, 15) is 22.4 Å². The summed E-state index contributed by atoms with van der Waals surface area (Å²) < 4.78 is 58.6. The van der Waals surface area contributed by atoms with Gasteiger partial charge in [-0.25, -0.2) is 18.9 Å². The zero-order valence-corrected chi connectivity index (χ0v) is 15.8. The largest absolute Gasteiger partial charge is 0.465 e. The quantitative estimate of drug-likeness (QED) is 0.475. The lowest BCUT2D eigenvalue weighted by molar-refractivity contribution is -0.137. The first-order chi connectivity index (χ1) is 13.6. The smallest absolute Gasteiger partial charge is 0.416 e. The predicted octanol–water partition coefficient (Wildman–Crippen LogP) is 4.42. The Morgan fingerprint density at radius 2 is 1.86 bits per heavy atom. The summed E-state index contributed by atoms with van der Waals surface area (Å²) in [6.45, 7) is 3.34. The van der Waals surface area contributed by atoms with Crippen molar-refractivity contribution in [2.75, 3.05) is 7.11 Å². The molecule has 3 aromatic rings. The Bertz CT molecular complexity index is 1070. The second-order valence-corrected chi connectivity index (χ2v) is 6.49. The van der Waals surface area contributed by atoms with Gasteiger partial charge < -0.3 is 4.74 Å². The van der Waals surface area contributed by atoms with E-state index in [1.165, 1.54) is 18.0 Å². The van der Waals surface area contributed by atoms with Crippen LogP contribution < -0.4 is 0 Å². The number of ether oxygens (including phenoxy) is 1. The molecule has 0 aliphatic carbocycles. The number of carbonyl (C=O) groups is 1. The average Bonchev–Trinajstić information content (AvgIpc) is 2.94. The molecule has 2 heterocycles. The number of aryl methyl sites for hydroxylation is 1. The molecule has 0 amide bonds. The fourth-order valence-corrected chi connectivity index (χ4v) is 3.10. The van der Waals surface area contributed by atoms with E-state index in [2.05, 4.69) is 10.1 Å². The number of benzene rings is 1. The van der Waals surface area contributed by atoms with Crippen LogP contribution in [-0.2, 0) is 17.3 Å². The van der Waals surface area contributed by atoms with Crippen molar-refractivity contribution in [1.82, 2.24) is 14.8 Å². The minimum absolute atomic E-state index is 0.0690. The lowest BCUT2D eigenvalue weighted by Gasteiger charge is -2.10. The maximum Gasteiger partial charge on any atom is 0.416 e. The van der Waals surface area contributed by atoms with Crippen molar-refractivity contribution in [3.63, 3.8) is 0 Å². The highest BCUT2D eigenvalue weighted by Gasteiger charge is 2.31. The van der Waals surface area contributed by atoms with Gasteiger partial charge in [0.05, 0.1) is 24.1 Å². The van der Waals surface area contributed by atoms with Gasteiger partial charge in [0.25, 0.3) is 0 Å². The number of hydrogen-bond donors (Lipinski definition) is 0. The number of halogens is 4. The molecule has 9 heteroatoms. The minimum Gasteiger partial charge on any atom is -0.465 e. The van der Waals surface area contributed by atoms with Crippen molar-refractivity contribution in [1.29, 1.82) is 0 Å². The van der Waals surface area contributed by atoms with Gasteiger partial charge in [0.2, 0.25) is 0 Å². The van der Waals surface area contributed by atoms with Crippen molar-refractivity contribution >= 4 is 5.97 Å². The number of hydrogen-bond acceptors (Lipinski definition) is 4. The Labute approximate surface area is 163 Å². The van der Waals surface area contributed by atoms with Crippen LogP contribution in [0, 0.1) is 19.7 Å². The summed E-state index contributed by atoms with van der Waals surface area (Å²) >= 11 is 0. The van der Waals surface area contributed by atoms with Gasteiger partial charge in [-0.3, -0.25) is 0 Å². The fraction of sp³-hybridized carbons (Fsp3) is 0.250. The third-order valence-corrected chi connectivity index (χ3v) is 4.40. The number of carbonyl (C=O) groups excluding carboxylic acids is 1. The Morgan fingerprint density at radius 3 is 2.52 bits per heavy atom. The molecule has 0 radical (unpaired) electrons. The highest BCUT2D eigenvalue weighted by molar-refractivity contribution is 5.91. The molecule has 0 saturated heterocycles. The van der Waals surface area contributed by atoms with Crippen LogP contribution in [-0.4, -0.2) is 27.8 Å². The van der Waals surface area contributed by atoms with Crippen LogP contribution in [0.4, 0.5) is 17.6 Å². The van der Waals surface area contributed by atoms with Gasteiger partial charge in [-0.05, 0) is 61.7 Å². The zero-order valence-electron chi connectivity index (χ0n) is 15.8. The number of pyridine rings is 1. The van der Waals surface area contributed by atoms with Crippen LogP contribution in [0.3, 0.4) is 0 Å². The third kappa shape index (κ3) is 4.28. The Kier molecular flexibility index (Phi) is 5.41. The summed E-state index contributed by atoms with van der Waals surface area (Å²) in [6.07, 6.45) is -3.09. The third-order valence-electron chi connectivity index (χ3n) is 4.40. The maximum absolute atomic E-state index is 13.6. The highest BCUT2D eigenvalue weighted by atomic mass is 19.4. The first-order valence-electron chi connectivity index (χ1n) is 8.56. The van der Waals surface area contributed by atoms with Gasteiger partial charge in [-0.2, -0.15) is 18.3 Å². The molecule has 152 valence electrons. The maximum atomic E-state index is 13.6. The number of rotatable bonds is 4. The van der Waals surface area contributed by atoms with Crippen molar-refractivity contribution in [2.24, 2.45) is 0 Å². The number of nitrogens with zero attached hydrogens (tertiary/aromatic N) is 3. The van der Waals surface area contributed by atoms with E-state index in [0.717, 1.165) is 12.1 Å². The molecule has 5 nitrogen and oxygen atoms in total. The van der Waals surface area contributed by atoms with Crippen molar-refractivity contribution in [3.8, 4) is 5.82 Å². The number of aromatic nitrogens is 3. The molecule has 29 heavy (non-hydrogen) atoms. The molecule has 0 bridgehead atoms. The van der Waals surface area contributed by atoms with Crippen LogP contribution in [0.5, 0.6) is 0 Å². The zero-order chi connectivity index (χ0) is 21.3. The summed E-state index contributed by atoms with van der Waals surface area (Å²) in [5.41, 5.74) is 1.05. The van der Waals surface area contributed by atoms with E-state index >= 15 is 0 Å². The van der Waals surface area contributed by atoms with Gasteiger partial charge >= 0.3 is 12.1 Å². The molecule has 0 aliphatic rings. The van der Waals surface area contributed by atoms with Crippen molar-refractivity contribution in [3.05, 3.63) is 76.0 Å². The van der Waals surface area contributed by atoms with E-state index in [0.29, 0.717) is 34.4 Å². The SMILES string of the molecule is COC(=O)c1c(C)nn(-c2cc(Cc3cc(F)cc(C(F)(F)F)c3)ccn2)c1C. The topological polar surface area (TPSA) is 57.0 Å². The van der Waals surface area contributed by atoms with Crippen molar-refractivity contribution in [2.45, 2.75) is 26.4 Å². The van der Waals surface area contributed by atoms with Crippen LogP contribution in [0.1, 0.15) is 38.4 Å². The molecule has 1 aromatic carbocycles. The molecular formula is C20H17F4N3O2. The van der Waals surface area contributed by atoms with Crippen LogP contribution in [0.2, 0.25) is 0 Å². The summed E-state index contributed by atoms with van der Waals surface area (Å²) in [4.78, 5) is 16.1. The van der Waals surface area contributed by atoms with E-state index in [4.69, 9.17) is 4.74 Å². The van der Waals surface area contributed by atoms with E-state index in [1.54, 1.807) is 26.0 Å². The van der Waals surface area contributed by atoms with Gasteiger partial charge in [-0.1, -0.05) is 0 Å². The molecule has 0 fully saturated rings. The average molecular weight is 407 g/mol. The fourth-order valence-electron chi connectivity index (χ4n) is 3.10. The Hall–Kier alpha value is -3.23. The van der Waals surface area contributed by atoms with Crippen LogP contribution in [0.15, 0.2) is 36.5 Å². The predicted molar refractivity (Wildman–Crippen MR) is 96.4 cm³/mol. The van der Waals surface area contributed by atoms with Gasteiger partial charge in [-0.15, -0.1) is 0 Å². The summed E-state index contributed by atoms with van der Waals surface area (Å²) in [7, 11) is 1.27. The van der Waals surface area contributed by atoms with E-state index in [1.807, 2.05) is 0 Å². The molecule has 0 unspecified atom stereocenters. The second kappa shape index (κ2) is 7.65. The Balaban J connectivity index is 1.96. The molecule has 2 aromatic heterocycles. The Morgan fingerprint density at radius 1 is 1.14 bits per heavy atom. The summed E-state index contributed by atoms with van der Waals surface area (Å²) in [5.74, 6) is -1.10. The van der Waals surface area contributed by atoms with Gasteiger partial charge in [0.15, 0.2) is 5.82 Å².